The summed E-state index contributed by atoms with van der Waals surface area (Å²) in [4.78, 5) is 53.0. The van der Waals surface area contributed by atoms with Crippen LogP contribution in [0, 0.1) is 20.8 Å². The molecule has 0 bridgehead atoms. The molecule has 9 nitrogen and oxygen atoms in total. The van der Waals surface area contributed by atoms with Crippen LogP contribution in [0.2, 0.25) is 0 Å². The molecule has 0 aliphatic rings. The van der Waals surface area contributed by atoms with Crippen LogP contribution < -0.4 is 11.2 Å². The SMILES string of the molecule is CC(=O)c1c(C)cc(C)c(COC(=O)CCn2cnc3c2c(=O)n(C)c(=O)n3C)c1C. The lowest BCUT2D eigenvalue weighted by atomic mass is 9.92. The highest BCUT2D eigenvalue weighted by Crippen LogP contribution is 2.23. The summed E-state index contributed by atoms with van der Waals surface area (Å²) < 4.78 is 9.30. The van der Waals surface area contributed by atoms with E-state index in [0.29, 0.717) is 5.56 Å². The van der Waals surface area contributed by atoms with Gasteiger partial charge in [0.1, 0.15) is 6.61 Å². The standard InChI is InChI=1S/C22H26N4O5/c1-12-9-13(2)18(15(4)27)14(3)16(12)10-31-17(28)7-8-26-11-23-20-19(26)21(29)25(6)22(30)24(20)5/h9,11H,7-8,10H2,1-6H3. The number of rotatable bonds is 6. The van der Waals surface area contributed by atoms with Gasteiger partial charge in [-0.15, -0.1) is 0 Å². The molecule has 0 fully saturated rings. The number of aromatic nitrogens is 4. The van der Waals surface area contributed by atoms with Gasteiger partial charge in [-0.3, -0.25) is 23.5 Å². The number of fused-ring (bicyclic) bond motifs is 1. The van der Waals surface area contributed by atoms with E-state index in [2.05, 4.69) is 4.98 Å². The molecule has 31 heavy (non-hydrogen) atoms. The third-order valence-electron chi connectivity index (χ3n) is 5.63. The van der Waals surface area contributed by atoms with Crippen molar-refractivity contribution < 1.29 is 14.3 Å². The van der Waals surface area contributed by atoms with E-state index in [9.17, 15) is 19.2 Å². The Kier molecular flexibility index (Phi) is 5.97. The molecular formula is C22H26N4O5. The predicted octanol–water partition coefficient (Wildman–Crippen LogP) is 1.70. The van der Waals surface area contributed by atoms with Gasteiger partial charge in [0.15, 0.2) is 16.9 Å². The summed E-state index contributed by atoms with van der Waals surface area (Å²) >= 11 is 0. The van der Waals surface area contributed by atoms with Crippen molar-refractivity contribution in [2.24, 2.45) is 14.1 Å². The molecule has 2 aromatic heterocycles. The number of ether oxygens (including phenoxy) is 1. The first kappa shape index (κ1) is 22.2. The Morgan fingerprint density at radius 2 is 1.74 bits per heavy atom. The zero-order chi connectivity index (χ0) is 23.0. The van der Waals surface area contributed by atoms with Crippen LogP contribution in [0.1, 0.15) is 46.0 Å². The number of aryl methyl sites for hydroxylation is 4. The maximum Gasteiger partial charge on any atom is 0.332 e. The number of benzene rings is 1. The smallest absolute Gasteiger partial charge is 0.332 e. The Hall–Kier alpha value is -3.49. The molecule has 0 N–H and O–H groups in total. The van der Waals surface area contributed by atoms with Gasteiger partial charge in [-0.2, -0.15) is 0 Å². The molecule has 3 aromatic rings. The number of Topliss-reactive ketones (excluding diaryl/α,β-unsaturated/α-hetero) is 1. The van der Waals surface area contributed by atoms with Gasteiger partial charge in [-0.05, 0) is 49.9 Å². The maximum absolute atomic E-state index is 12.5. The number of carbonyl (C=O) groups is 2. The molecule has 0 atom stereocenters. The van der Waals surface area contributed by atoms with Crippen LogP contribution in [0.3, 0.4) is 0 Å². The number of imidazole rings is 1. The molecule has 0 amide bonds. The molecule has 164 valence electrons. The van der Waals surface area contributed by atoms with E-state index in [4.69, 9.17) is 4.74 Å². The number of carbonyl (C=O) groups excluding carboxylic acids is 2. The monoisotopic (exact) mass is 426 g/mol. The fraction of sp³-hybridized carbons (Fsp3) is 0.409. The summed E-state index contributed by atoms with van der Waals surface area (Å²) in [6.45, 7) is 7.45. The fourth-order valence-electron chi connectivity index (χ4n) is 3.99. The average Bonchev–Trinajstić information content (AvgIpc) is 3.12. The number of ketones is 1. The lowest BCUT2D eigenvalue weighted by molar-refractivity contribution is -0.145. The molecule has 0 spiro atoms. The van der Waals surface area contributed by atoms with E-state index in [0.717, 1.165) is 26.8 Å². The molecule has 0 aliphatic carbocycles. The molecule has 0 aliphatic heterocycles. The second kappa shape index (κ2) is 8.33. The van der Waals surface area contributed by atoms with Crippen LogP contribution >= 0.6 is 0 Å². The Bertz CT molecular complexity index is 1330. The van der Waals surface area contributed by atoms with Gasteiger partial charge in [-0.1, -0.05) is 6.07 Å². The van der Waals surface area contributed by atoms with E-state index in [1.54, 1.807) is 4.57 Å². The number of hydrogen-bond acceptors (Lipinski definition) is 6. The minimum absolute atomic E-state index is 0.0226. The predicted molar refractivity (Wildman–Crippen MR) is 115 cm³/mol. The molecule has 0 saturated heterocycles. The molecule has 0 unspecified atom stereocenters. The Balaban J connectivity index is 1.76. The van der Waals surface area contributed by atoms with Crippen molar-refractivity contribution in [3.05, 3.63) is 61.0 Å². The van der Waals surface area contributed by atoms with Crippen molar-refractivity contribution in [2.75, 3.05) is 0 Å². The van der Waals surface area contributed by atoms with E-state index < -0.39 is 17.2 Å². The Morgan fingerprint density at radius 1 is 1.06 bits per heavy atom. The van der Waals surface area contributed by atoms with Crippen LogP contribution in [-0.4, -0.2) is 30.4 Å². The van der Waals surface area contributed by atoms with Crippen molar-refractivity contribution in [1.29, 1.82) is 0 Å². The first-order chi connectivity index (χ1) is 14.5. The summed E-state index contributed by atoms with van der Waals surface area (Å²) in [6, 6.07) is 1.92. The summed E-state index contributed by atoms with van der Waals surface area (Å²) in [5.74, 6) is -0.460. The first-order valence-corrected chi connectivity index (χ1v) is 9.91. The summed E-state index contributed by atoms with van der Waals surface area (Å²) in [5.41, 5.74) is 3.76. The molecule has 0 saturated carbocycles. The van der Waals surface area contributed by atoms with Gasteiger partial charge in [-0.25, -0.2) is 9.78 Å². The van der Waals surface area contributed by atoms with E-state index >= 15 is 0 Å². The van der Waals surface area contributed by atoms with Crippen molar-refractivity contribution in [1.82, 2.24) is 18.7 Å². The van der Waals surface area contributed by atoms with Gasteiger partial charge in [0, 0.05) is 26.2 Å². The summed E-state index contributed by atoms with van der Waals surface area (Å²) in [7, 11) is 2.94. The first-order valence-electron chi connectivity index (χ1n) is 9.91. The molecule has 0 radical (unpaired) electrons. The number of hydrogen-bond donors (Lipinski definition) is 0. The van der Waals surface area contributed by atoms with Crippen LogP contribution in [0.15, 0.2) is 22.0 Å². The summed E-state index contributed by atoms with van der Waals surface area (Å²) in [6.07, 6.45) is 1.47. The second-order valence-electron chi connectivity index (χ2n) is 7.77. The van der Waals surface area contributed by atoms with E-state index in [1.807, 2.05) is 26.8 Å². The van der Waals surface area contributed by atoms with Gasteiger partial charge < -0.3 is 9.30 Å². The molecule has 1 aromatic carbocycles. The van der Waals surface area contributed by atoms with E-state index in [-0.39, 0.29) is 36.5 Å². The molecular weight excluding hydrogens is 400 g/mol. The Labute approximate surface area is 178 Å². The maximum atomic E-state index is 12.5. The quantitative estimate of drug-likeness (QED) is 0.439. The van der Waals surface area contributed by atoms with Gasteiger partial charge in [0.25, 0.3) is 5.56 Å². The lowest BCUT2D eigenvalue weighted by Gasteiger charge is -2.16. The fourth-order valence-corrected chi connectivity index (χ4v) is 3.99. The van der Waals surface area contributed by atoms with Crippen molar-refractivity contribution in [3.63, 3.8) is 0 Å². The van der Waals surface area contributed by atoms with Crippen LogP contribution in [0.4, 0.5) is 0 Å². The largest absolute Gasteiger partial charge is 0.461 e. The number of esters is 1. The Morgan fingerprint density at radius 3 is 2.39 bits per heavy atom. The normalized spacial score (nSPS) is 11.2. The molecule has 2 heterocycles. The van der Waals surface area contributed by atoms with Gasteiger partial charge >= 0.3 is 11.7 Å². The van der Waals surface area contributed by atoms with E-state index in [1.165, 1.54) is 31.9 Å². The minimum Gasteiger partial charge on any atom is -0.461 e. The second-order valence-corrected chi connectivity index (χ2v) is 7.77. The van der Waals surface area contributed by atoms with Gasteiger partial charge in [0.2, 0.25) is 0 Å². The average molecular weight is 426 g/mol. The zero-order valence-electron chi connectivity index (χ0n) is 18.6. The topological polar surface area (TPSA) is 105 Å². The van der Waals surface area contributed by atoms with Crippen LogP contribution in [0.5, 0.6) is 0 Å². The summed E-state index contributed by atoms with van der Waals surface area (Å²) in [5, 5.41) is 0. The zero-order valence-corrected chi connectivity index (χ0v) is 18.6. The third kappa shape index (κ3) is 3.95. The van der Waals surface area contributed by atoms with Crippen LogP contribution in [-0.2, 0) is 36.8 Å². The third-order valence-corrected chi connectivity index (χ3v) is 5.63. The van der Waals surface area contributed by atoms with Gasteiger partial charge in [0.05, 0.1) is 12.7 Å². The highest BCUT2D eigenvalue weighted by Gasteiger charge is 2.17. The highest BCUT2D eigenvalue weighted by atomic mass is 16.5. The molecule has 9 heteroatoms. The van der Waals surface area contributed by atoms with Crippen molar-refractivity contribution in [2.45, 2.75) is 47.3 Å². The molecule has 3 rings (SSSR count). The van der Waals surface area contributed by atoms with Crippen LogP contribution in [0.25, 0.3) is 11.2 Å². The van der Waals surface area contributed by atoms with Crippen molar-refractivity contribution >= 4 is 22.9 Å². The minimum atomic E-state index is -0.466. The van der Waals surface area contributed by atoms with Crippen molar-refractivity contribution in [3.8, 4) is 0 Å². The lowest BCUT2D eigenvalue weighted by Crippen LogP contribution is -2.37. The highest BCUT2D eigenvalue weighted by molar-refractivity contribution is 5.97. The number of nitrogens with zero attached hydrogens (tertiary/aromatic N) is 4.